The highest BCUT2D eigenvalue weighted by atomic mass is 35.5. The Kier molecular flexibility index (Phi) is 6.23. The van der Waals surface area contributed by atoms with E-state index in [0.717, 1.165) is 44.7 Å². The van der Waals surface area contributed by atoms with Gasteiger partial charge in [-0.1, -0.05) is 6.07 Å². The number of hydrogen-bond acceptors (Lipinski definition) is 5. The van der Waals surface area contributed by atoms with Crippen molar-refractivity contribution in [2.75, 3.05) is 44.2 Å². The summed E-state index contributed by atoms with van der Waals surface area (Å²) in [4.78, 5) is 16.8. The van der Waals surface area contributed by atoms with Crippen LogP contribution in [0.3, 0.4) is 0 Å². The van der Waals surface area contributed by atoms with Crippen molar-refractivity contribution < 1.29 is 9.90 Å². The molecule has 0 saturated carbocycles. The Balaban J connectivity index is 0.00000210. The van der Waals surface area contributed by atoms with E-state index < -0.39 is 0 Å². The maximum Gasteiger partial charge on any atom is 0.274 e. The van der Waals surface area contributed by atoms with Gasteiger partial charge in [0.2, 0.25) is 0 Å². The number of amides is 1. The summed E-state index contributed by atoms with van der Waals surface area (Å²) >= 11 is 0. The van der Waals surface area contributed by atoms with Crippen LogP contribution in [-0.4, -0.2) is 65.0 Å². The molecule has 0 spiro atoms. The van der Waals surface area contributed by atoms with E-state index in [2.05, 4.69) is 15.3 Å². The number of nitrogens with zero attached hydrogens (tertiary/aromatic N) is 4. The molecule has 0 aliphatic carbocycles. The number of phenols is 1. The topological polar surface area (TPSA) is 73.6 Å². The van der Waals surface area contributed by atoms with E-state index in [9.17, 15) is 9.90 Å². The van der Waals surface area contributed by atoms with E-state index in [4.69, 9.17) is 0 Å². The smallest absolute Gasteiger partial charge is 0.274 e. The van der Waals surface area contributed by atoms with E-state index in [1.807, 2.05) is 34.0 Å². The average molecular weight is 392 g/mol. The Morgan fingerprint density at radius 3 is 2.70 bits per heavy atom. The summed E-state index contributed by atoms with van der Waals surface area (Å²) in [5, 5.41) is 17.6. The van der Waals surface area contributed by atoms with Crippen LogP contribution >= 0.6 is 12.4 Å². The molecule has 2 fully saturated rings. The van der Waals surface area contributed by atoms with Gasteiger partial charge >= 0.3 is 0 Å². The second kappa shape index (κ2) is 8.63. The fraction of sp³-hybridized carbons (Fsp3) is 0.474. The summed E-state index contributed by atoms with van der Waals surface area (Å²) in [7, 11) is 0. The van der Waals surface area contributed by atoms with Crippen LogP contribution in [0.2, 0.25) is 0 Å². The lowest BCUT2D eigenvalue weighted by Crippen LogP contribution is -2.49. The Hall–Kier alpha value is -2.25. The van der Waals surface area contributed by atoms with Gasteiger partial charge in [-0.3, -0.25) is 9.48 Å². The van der Waals surface area contributed by atoms with Crippen molar-refractivity contribution in [1.29, 1.82) is 0 Å². The molecule has 2 saturated heterocycles. The van der Waals surface area contributed by atoms with Crippen LogP contribution in [0.15, 0.2) is 36.5 Å². The van der Waals surface area contributed by atoms with Crippen molar-refractivity contribution in [2.45, 2.75) is 18.9 Å². The second-order valence-corrected chi connectivity index (χ2v) is 6.98. The van der Waals surface area contributed by atoms with Crippen molar-refractivity contribution in [3.05, 3.63) is 42.2 Å². The van der Waals surface area contributed by atoms with Crippen molar-refractivity contribution >= 4 is 24.0 Å². The summed E-state index contributed by atoms with van der Waals surface area (Å²) in [6, 6.07) is 9.43. The Morgan fingerprint density at radius 2 is 2.00 bits per heavy atom. The highest BCUT2D eigenvalue weighted by molar-refractivity contribution is 5.92. The normalized spacial score (nSPS) is 20.2. The van der Waals surface area contributed by atoms with Gasteiger partial charge in [0.25, 0.3) is 5.91 Å². The molecule has 2 aliphatic rings. The Labute approximate surface area is 165 Å². The van der Waals surface area contributed by atoms with Gasteiger partial charge in [0, 0.05) is 50.7 Å². The molecule has 4 rings (SSSR count). The third kappa shape index (κ3) is 4.36. The molecule has 1 amide bonds. The van der Waals surface area contributed by atoms with E-state index in [0.29, 0.717) is 24.8 Å². The van der Waals surface area contributed by atoms with E-state index >= 15 is 0 Å². The van der Waals surface area contributed by atoms with Crippen LogP contribution in [0.1, 0.15) is 29.4 Å². The summed E-state index contributed by atoms with van der Waals surface area (Å²) < 4.78 is 1.93. The zero-order valence-electron chi connectivity index (χ0n) is 15.3. The zero-order valence-corrected chi connectivity index (χ0v) is 16.1. The third-order valence-corrected chi connectivity index (χ3v) is 5.23. The monoisotopic (exact) mass is 391 g/mol. The van der Waals surface area contributed by atoms with Crippen molar-refractivity contribution in [1.82, 2.24) is 20.0 Å². The predicted octanol–water partition coefficient (Wildman–Crippen LogP) is 1.90. The molecule has 1 atom stereocenters. The van der Waals surface area contributed by atoms with Gasteiger partial charge in [-0.2, -0.15) is 5.10 Å². The quantitative estimate of drug-likeness (QED) is 0.836. The van der Waals surface area contributed by atoms with Gasteiger partial charge in [0.05, 0.1) is 6.04 Å². The third-order valence-electron chi connectivity index (χ3n) is 5.23. The van der Waals surface area contributed by atoms with Crippen LogP contribution in [0.5, 0.6) is 5.75 Å². The first kappa shape index (κ1) is 19.5. The molecule has 27 heavy (non-hydrogen) atoms. The number of piperidine rings is 1. The van der Waals surface area contributed by atoms with Gasteiger partial charge in [0.1, 0.15) is 11.4 Å². The minimum atomic E-state index is 0. The molecule has 2 aliphatic heterocycles. The maximum absolute atomic E-state index is 12.8. The minimum absolute atomic E-state index is 0. The fourth-order valence-electron chi connectivity index (χ4n) is 3.73. The van der Waals surface area contributed by atoms with Crippen LogP contribution in [-0.2, 0) is 0 Å². The van der Waals surface area contributed by atoms with Crippen LogP contribution in [0.4, 0.5) is 5.69 Å². The summed E-state index contributed by atoms with van der Waals surface area (Å²) in [5.41, 5.74) is 1.52. The SMILES string of the molecule is Cl.O=C(c1ccn(C2CCCNC2)n1)N1CCN(c2cccc(O)c2)CC1. The number of aromatic hydroxyl groups is 1. The number of carbonyl (C=O) groups is 1. The summed E-state index contributed by atoms with van der Waals surface area (Å²) in [6.07, 6.45) is 4.17. The number of phenolic OH excluding ortho intramolecular Hbond substituents is 1. The van der Waals surface area contributed by atoms with Gasteiger partial charge in [-0.15, -0.1) is 12.4 Å². The second-order valence-electron chi connectivity index (χ2n) is 6.98. The lowest BCUT2D eigenvalue weighted by molar-refractivity contribution is 0.0739. The molecule has 2 N–H and O–H groups in total. The summed E-state index contributed by atoms with van der Waals surface area (Å²) in [5.74, 6) is 0.270. The Morgan fingerprint density at radius 1 is 1.19 bits per heavy atom. The van der Waals surface area contributed by atoms with Gasteiger partial charge < -0.3 is 20.2 Å². The van der Waals surface area contributed by atoms with E-state index in [-0.39, 0.29) is 24.1 Å². The zero-order chi connectivity index (χ0) is 17.9. The van der Waals surface area contributed by atoms with Crippen molar-refractivity contribution in [3.8, 4) is 5.75 Å². The number of halogens is 1. The Bertz CT molecular complexity index is 767. The number of benzene rings is 1. The molecule has 1 unspecified atom stereocenters. The van der Waals surface area contributed by atoms with Crippen LogP contribution in [0, 0.1) is 0 Å². The summed E-state index contributed by atoms with van der Waals surface area (Å²) in [6.45, 7) is 4.80. The molecular weight excluding hydrogens is 366 g/mol. The lowest BCUT2D eigenvalue weighted by Gasteiger charge is -2.35. The van der Waals surface area contributed by atoms with Gasteiger partial charge in [-0.05, 0) is 37.6 Å². The average Bonchev–Trinajstić information content (AvgIpc) is 3.18. The van der Waals surface area contributed by atoms with Gasteiger partial charge in [-0.25, -0.2) is 0 Å². The lowest BCUT2D eigenvalue weighted by atomic mass is 10.1. The van der Waals surface area contributed by atoms with E-state index in [1.54, 1.807) is 12.1 Å². The molecule has 1 aromatic carbocycles. The number of rotatable bonds is 3. The number of piperazine rings is 1. The van der Waals surface area contributed by atoms with Crippen LogP contribution in [0.25, 0.3) is 0 Å². The highest BCUT2D eigenvalue weighted by Gasteiger charge is 2.25. The first-order valence-corrected chi connectivity index (χ1v) is 9.30. The minimum Gasteiger partial charge on any atom is -0.508 e. The largest absolute Gasteiger partial charge is 0.508 e. The molecule has 7 nitrogen and oxygen atoms in total. The van der Waals surface area contributed by atoms with Crippen LogP contribution < -0.4 is 10.2 Å². The molecule has 0 radical (unpaired) electrons. The number of anilines is 1. The molecule has 146 valence electrons. The predicted molar refractivity (Wildman–Crippen MR) is 107 cm³/mol. The van der Waals surface area contributed by atoms with Gasteiger partial charge in [0.15, 0.2) is 0 Å². The maximum atomic E-state index is 12.8. The first-order chi connectivity index (χ1) is 12.7. The highest BCUT2D eigenvalue weighted by Crippen LogP contribution is 2.22. The number of carbonyl (C=O) groups excluding carboxylic acids is 1. The first-order valence-electron chi connectivity index (χ1n) is 9.30. The molecule has 3 heterocycles. The number of aromatic nitrogens is 2. The molecular formula is C19H26ClN5O2. The van der Waals surface area contributed by atoms with E-state index in [1.165, 1.54) is 0 Å². The number of nitrogens with one attached hydrogen (secondary N) is 1. The molecule has 2 aromatic rings. The molecule has 8 heteroatoms. The standard InChI is InChI=1S/C19H25N5O2.ClH/c25-17-5-1-3-15(13-17)22-9-11-23(12-10-22)19(26)18-6-8-24(21-18)16-4-2-7-20-14-16;/h1,3,5-6,8,13,16,20,25H,2,4,7,9-12,14H2;1H. The van der Waals surface area contributed by atoms with Crippen molar-refractivity contribution in [2.24, 2.45) is 0 Å². The van der Waals surface area contributed by atoms with Crippen molar-refractivity contribution in [3.63, 3.8) is 0 Å². The molecule has 0 bridgehead atoms. The number of hydrogen-bond donors (Lipinski definition) is 2. The fourth-order valence-corrected chi connectivity index (χ4v) is 3.73. The molecule has 1 aromatic heterocycles.